The molecule has 2 fully saturated rings. The van der Waals surface area contributed by atoms with Gasteiger partial charge in [0, 0.05) is 17.4 Å². The molecule has 0 spiro atoms. The molecule has 2 aliphatic rings. The Morgan fingerprint density at radius 1 is 1.29 bits per heavy atom. The van der Waals surface area contributed by atoms with Crippen molar-refractivity contribution in [3.05, 3.63) is 0 Å². The van der Waals surface area contributed by atoms with Crippen LogP contribution in [0.2, 0.25) is 0 Å². The minimum atomic E-state index is 0.751. The lowest BCUT2D eigenvalue weighted by Crippen LogP contribution is -2.29. The maximum atomic E-state index is 3.73. The molecule has 2 unspecified atom stereocenters. The number of rotatable bonds is 3. The predicted octanol–water partition coefficient (Wildman–Crippen LogP) is 3.42. The van der Waals surface area contributed by atoms with Crippen molar-refractivity contribution < 1.29 is 0 Å². The summed E-state index contributed by atoms with van der Waals surface area (Å²) in [5.41, 5.74) is 0. The molecule has 2 atom stereocenters. The number of hydrogen-bond acceptors (Lipinski definition) is 1. The van der Waals surface area contributed by atoms with Gasteiger partial charge in [-0.2, -0.15) is 0 Å². The molecule has 1 saturated carbocycles. The highest BCUT2D eigenvalue weighted by Gasteiger charge is 2.27. The van der Waals surface area contributed by atoms with Gasteiger partial charge in [0.2, 0.25) is 0 Å². The number of likely N-dealkylation sites (tertiary alicyclic amines) is 1. The molecule has 0 radical (unpaired) electrons. The lowest BCUT2D eigenvalue weighted by atomic mass is 10.0. The highest BCUT2D eigenvalue weighted by molar-refractivity contribution is 9.09. The van der Waals surface area contributed by atoms with Gasteiger partial charge in [-0.25, -0.2) is 0 Å². The van der Waals surface area contributed by atoms with Crippen molar-refractivity contribution in [2.45, 2.75) is 56.3 Å². The van der Waals surface area contributed by atoms with Crippen LogP contribution in [-0.2, 0) is 0 Å². The Hall–Kier alpha value is 0.440. The van der Waals surface area contributed by atoms with Crippen molar-refractivity contribution in [1.82, 2.24) is 4.90 Å². The average Bonchev–Trinajstić information content (AvgIpc) is 2.72. The lowest BCUT2D eigenvalue weighted by Gasteiger charge is -2.22. The molecule has 1 nitrogen and oxygen atoms in total. The normalized spacial score (nSPS) is 35.6. The molecule has 0 aromatic rings. The molecule has 0 amide bonds. The maximum absolute atomic E-state index is 3.73. The van der Waals surface area contributed by atoms with Crippen LogP contribution >= 0.6 is 15.9 Å². The van der Waals surface area contributed by atoms with E-state index in [4.69, 9.17) is 0 Å². The zero-order valence-electron chi connectivity index (χ0n) is 9.21. The van der Waals surface area contributed by atoms with Crippen LogP contribution in [0.15, 0.2) is 0 Å². The molecule has 1 heterocycles. The molecule has 1 saturated heterocycles. The van der Waals surface area contributed by atoms with Gasteiger partial charge >= 0.3 is 0 Å². The van der Waals surface area contributed by atoms with E-state index in [2.05, 4.69) is 27.8 Å². The number of nitrogens with zero attached hydrogens (tertiary/aromatic N) is 1. The van der Waals surface area contributed by atoms with Gasteiger partial charge < -0.3 is 0 Å². The van der Waals surface area contributed by atoms with E-state index in [9.17, 15) is 0 Å². The van der Waals surface area contributed by atoms with Crippen LogP contribution in [0.4, 0.5) is 0 Å². The van der Waals surface area contributed by atoms with E-state index in [1.54, 1.807) is 0 Å². The fourth-order valence-corrected chi connectivity index (χ4v) is 3.90. The third-order valence-corrected chi connectivity index (χ3v) is 4.62. The summed E-state index contributed by atoms with van der Waals surface area (Å²) >= 11 is 3.73. The standard InChI is InChI=1S/C12H22BrN/c1-10-8-12(13)9-14(10)7-6-11-4-2-3-5-11/h10-12H,2-9H2,1H3. The van der Waals surface area contributed by atoms with Gasteiger partial charge in [-0.05, 0) is 32.2 Å². The molecule has 0 aromatic heterocycles. The van der Waals surface area contributed by atoms with E-state index in [1.165, 1.54) is 51.6 Å². The first-order valence-electron chi connectivity index (χ1n) is 6.14. The first-order chi connectivity index (χ1) is 6.75. The fourth-order valence-electron chi connectivity index (χ4n) is 2.99. The van der Waals surface area contributed by atoms with Gasteiger partial charge in [0.15, 0.2) is 0 Å². The summed E-state index contributed by atoms with van der Waals surface area (Å²) in [6.07, 6.45) is 8.76. The Labute approximate surface area is 96.4 Å². The van der Waals surface area contributed by atoms with E-state index in [-0.39, 0.29) is 0 Å². The second kappa shape index (κ2) is 4.98. The molecule has 2 rings (SSSR count). The average molecular weight is 260 g/mol. The van der Waals surface area contributed by atoms with Gasteiger partial charge in [0.05, 0.1) is 0 Å². The smallest absolute Gasteiger partial charge is 0.0288 e. The minimum Gasteiger partial charge on any atom is -0.300 e. The third kappa shape index (κ3) is 2.73. The number of halogens is 1. The summed E-state index contributed by atoms with van der Waals surface area (Å²) in [4.78, 5) is 3.42. The van der Waals surface area contributed by atoms with Crippen molar-refractivity contribution in [2.75, 3.05) is 13.1 Å². The SMILES string of the molecule is CC1CC(Br)CN1CCC1CCCC1. The van der Waals surface area contributed by atoms with Gasteiger partial charge in [-0.3, -0.25) is 4.90 Å². The zero-order chi connectivity index (χ0) is 9.97. The molecular weight excluding hydrogens is 238 g/mol. The van der Waals surface area contributed by atoms with Gasteiger partial charge in [0.1, 0.15) is 0 Å². The first-order valence-corrected chi connectivity index (χ1v) is 7.05. The maximum Gasteiger partial charge on any atom is 0.0288 e. The highest BCUT2D eigenvalue weighted by atomic mass is 79.9. The molecule has 0 N–H and O–H groups in total. The Balaban J connectivity index is 1.69. The summed E-state index contributed by atoms with van der Waals surface area (Å²) in [7, 11) is 0. The Kier molecular flexibility index (Phi) is 3.89. The second-order valence-electron chi connectivity index (χ2n) is 5.12. The van der Waals surface area contributed by atoms with Crippen LogP contribution < -0.4 is 0 Å². The summed E-state index contributed by atoms with van der Waals surface area (Å²) in [5, 5.41) is 0. The topological polar surface area (TPSA) is 3.24 Å². The number of alkyl halides is 1. The molecule has 1 aliphatic heterocycles. The summed E-state index contributed by atoms with van der Waals surface area (Å²) in [5.74, 6) is 1.05. The summed E-state index contributed by atoms with van der Waals surface area (Å²) < 4.78 is 0. The third-order valence-electron chi connectivity index (χ3n) is 3.95. The van der Waals surface area contributed by atoms with Crippen LogP contribution in [0, 0.1) is 5.92 Å². The van der Waals surface area contributed by atoms with Crippen LogP contribution in [0.1, 0.15) is 45.4 Å². The van der Waals surface area contributed by atoms with Crippen LogP contribution in [0.5, 0.6) is 0 Å². The van der Waals surface area contributed by atoms with E-state index in [0.717, 1.165) is 16.8 Å². The monoisotopic (exact) mass is 259 g/mol. The van der Waals surface area contributed by atoms with Crippen LogP contribution in [0.25, 0.3) is 0 Å². The van der Waals surface area contributed by atoms with Crippen LogP contribution in [0.3, 0.4) is 0 Å². The fraction of sp³-hybridized carbons (Fsp3) is 1.00. The molecule has 82 valence electrons. The van der Waals surface area contributed by atoms with Gasteiger partial charge in [0.25, 0.3) is 0 Å². The largest absolute Gasteiger partial charge is 0.300 e. The molecule has 0 bridgehead atoms. The van der Waals surface area contributed by atoms with Crippen LogP contribution in [-0.4, -0.2) is 28.9 Å². The molecular formula is C12H22BrN. The molecule has 2 heteroatoms. The van der Waals surface area contributed by atoms with E-state index >= 15 is 0 Å². The van der Waals surface area contributed by atoms with Crippen molar-refractivity contribution in [3.8, 4) is 0 Å². The Bertz CT molecular complexity index is 177. The highest BCUT2D eigenvalue weighted by Crippen LogP contribution is 2.29. The van der Waals surface area contributed by atoms with E-state index in [0.29, 0.717) is 0 Å². The number of hydrogen-bond donors (Lipinski definition) is 0. The summed E-state index contributed by atoms with van der Waals surface area (Å²) in [6.45, 7) is 4.98. The predicted molar refractivity (Wildman–Crippen MR) is 64.9 cm³/mol. The lowest BCUT2D eigenvalue weighted by molar-refractivity contribution is 0.247. The first kappa shape index (κ1) is 10.9. The minimum absolute atomic E-state index is 0.751. The van der Waals surface area contributed by atoms with Crippen molar-refractivity contribution >= 4 is 15.9 Å². The molecule has 14 heavy (non-hydrogen) atoms. The van der Waals surface area contributed by atoms with Crippen molar-refractivity contribution in [3.63, 3.8) is 0 Å². The van der Waals surface area contributed by atoms with E-state index in [1.807, 2.05) is 0 Å². The van der Waals surface area contributed by atoms with Gasteiger partial charge in [-0.1, -0.05) is 41.6 Å². The van der Waals surface area contributed by atoms with Gasteiger partial charge in [-0.15, -0.1) is 0 Å². The van der Waals surface area contributed by atoms with Crippen molar-refractivity contribution in [1.29, 1.82) is 0 Å². The van der Waals surface area contributed by atoms with E-state index < -0.39 is 0 Å². The zero-order valence-corrected chi connectivity index (χ0v) is 10.8. The Morgan fingerprint density at radius 2 is 2.00 bits per heavy atom. The van der Waals surface area contributed by atoms with Crippen molar-refractivity contribution in [2.24, 2.45) is 5.92 Å². The Morgan fingerprint density at radius 3 is 2.57 bits per heavy atom. The molecule has 1 aliphatic carbocycles. The second-order valence-corrected chi connectivity index (χ2v) is 6.41. The summed E-state index contributed by atoms with van der Waals surface area (Å²) in [6, 6.07) is 0.806. The quantitative estimate of drug-likeness (QED) is 0.703. The molecule has 0 aromatic carbocycles.